The van der Waals surface area contributed by atoms with Gasteiger partial charge in [-0.3, -0.25) is 9.80 Å². The summed E-state index contributed by atoms with van der Waals surface area (Å²) >= 11 is 0. The summed E-state index contributed by atoms with van der Waals surface area (Å²) in [6.45, 7) is 6.10. The molecule has 100 valence electrons. The van der Waals surface area contributed by atoms with E-state index in [1.807, 2.05) is 0 Å². The topological polar surface area (TPSA) is 41.7 Å². The Morgan fingerprint density at radius 3 is 2.76 bits per heavy atom. The highest BCUT2D eigenvalue weighted by Gasteiger charge is 2.45. The molecule has 2 rings (SSSR count). The standard InChI is InChI=1S/C13H27N3O/c1-11(8-17-3)15(2)13(9-14)6-7-16(10-13)12-4-5-12/h11-12H,4-10,14H2,1-3H3. The Morgan fingerprint density at radius 1 is 1.53 bits per heavy atom. The summed E-state index contributed by atoms with van der Waals surface area (Å²) in [7, 11) is 3.97. The van der Waals surface area contributed by atoms with Crippen molar-refractivity contribution in [2.45, 2.75) is 43.8 Å². The van der Waals surface area contributed by atoms with E-state index in [0.717, 1.165) is 25.7 Å². The molecule has 0 amide bonds. The lowest BCUT2D eigenvalue weighted by Crippen LogP contribution is -2.57. The van der Waals surface area contributed by atoms with E-state index in [1.165, 1.54) is 25.8 Å². The second kappa shape index (κ2) is 5.22. The van der Waals surface area contributed by atoms with E-state index in [4.69, 9.17) is 10.5 Å². The SMILES string of the molecule is COCC(C)N(C)C1(CN)CCN(C2CC2)C1. The van der Waals surface area contributed by atoms with Crippen molar-refractivity contribution in [1.82, 2.24) is 9.80 Å². The van der Waals surface area contributed by atoms with Crippen LogP contribution < -0.4 is 5.73 Å². The van der Waals surface area contributed by atoms with Gasteiger partial charge in [0.1, 0.15) is 0 Å². The average molecular weight is 241 g/mol. The van der Waals surface area contributed by atoms with Crippen molar-refractivity contribution in [1.29, 1.82) is 0 Å². The van der Waals surface area contributed by atoms with Gasteiger partial charge in [-0.1, -0.05) is 0 Å². The Labute approximate surface area is 105 Å². The second-order valence-electron chi connectivity index (χ2n) is 5.80. The molecule has 1 heterocycles. The van der Waals surface area contributed by atoms with Crippen molar-refractivity contribution in [2.24, 2.45) is 5.73 Å². The molecule has 2 N–H and O–H groups in total. The van der Waals surface area contributed by atoms with E-state index in [9.17, 15) is 0 Å². The van der Waals surface area contributed by atoms with Crippen LogP contribution in [0.5, 0.6) is 0 Å². The van der Waals surface area contributed by atoms with Gasteiger partial charge in [-0.25, -0.2) is 0 Å². The van der Waals surface area contributed by atoms with Crippen LogP contribution in [0.15, 0.2) is 0 Å². The number of hydrogen-bond donors (Lipinski definition) is 1. The molecule has 4 heteroatoms. The number of nitrogens with two attached hydrogens (primary N) is 1. The van der Waals surface area contributed by atoms with E-state index < -0.39 is 0 Å². The Morgan fingerprint density at radius 2 is 2.24 bits per heavy atom. The molecule has 0 aromatic rings. The third-order valence-electron chi connectivity index (χ3n) is 4.62. The number of likely N-dealkylation sites (tertiary alicyclic amines) is 1. The van der Waals surface area contributed by atoms with Crippen LogP contribution in [0, 0.1) is 0 Å². The fourth-order valence-electron chi connectivity index (χ4n) is 3.06. The first-order valence-corrected chi connectivity index (χ1v) is 6.79. The predicted octanol–water partition coefficient (Wildman–Crippen LogP) is 0.519. The molecule has 0 bridgehead atoms. The minimum absolute atomic E-state index is 0.167. The zero-order valence-electron chi connectivity index (χ0n) is 11.5. The molecule has 1 aliphatic heterocycles. The highest BCUT2D eigenvalue weighted by molar-refractivity contribution is 5.03. The highest BCUT2D eigenvalue weighted by atomic mass is 16.5. The van der Waals surface area contributed by atoms with E-state index in [-0.39, 0.29) is 5.54 Å². The van der Waals surface area contributed by atoms with Crippen LogP contribution in [0.1, 0.15) is 26.2 Å². The number of hydrogen-bond acceptors (Lipinski definition) is 4. The summed E-state index contributed by atoms with van der Waals surface area (Å²) in [5.74, 6) is 0. The number of rotatable bonds is 6. The predicted molar refractivity (Wildman–Crippen MR) is 70.1 cm³/mol. The number of methoxy groups -OCH3 is 1. The summed E-state index contributed by atoms with van der Waals surface area (Å²) < 4.78 is 5.26. The fraction of sp³-hybridized carbons (Fsp3) is 1.00. The van der Waals surface area contributed by atoms with Gasteiger partial charge in [0, 0.05) is 44.4 Å². The Balaban J connectivity index is 1.98. The fourth-order valence-corrected chi connectivity index (χ4v) is 3.06. The van der Waals surface area contributed by atoms with E-state index in [0.29, 0.717) is 6.04 Å². The number of ether oxygens (including phenoxy) is 1. The molecule has 0 radical (unpaired) electrons. The van der Waals surface area contributed by atoms with Gasteiger partial charge in [-0.2, -0.15) is 0 Å². The molecule has 4 nitrogen and oxygen atoms in total. The van der Waals surface area contributed by atoms with Crippen LogP contribution in [-0.2, 0) is 4.74 Å². The zero-order chi connectivity index (χ0) is 12.5. The smallest absolute Gasteiger partial charge is 0.0615 e. The molecule has 17 heavy (non-hydrogen) atoms. The highest BCUT2D eigenvalue weighted by Crippen LogP contribution is 2.35. The van der Waals surface area contributed by atoms with Gasteiger partial charge in [0.05, 0.1) is 6.61 Å². The molecule has 0 spiro atoms. The van der Waals surface area contributed by atoms with Crippen molar-refractivity contribution in [3.05, 3.63) is 0 Å². The van der Waals surface area contributed by atoms with Crippen LogP contribution in [-0.4, -0.2) is 67.8 Å². The van der Waals surface area contributed by atoms with E-state index >= 15 is 0 Å². The molecule has 2 unspecified atom stereocenters. The van der Waals surface area contributed by atoms with Crippen LogP contribution in [0.25, 0.3) is 0 Å². The summed E-state index contributed by atoms with van der Waals surface area (Å²) in [6, 6.07) is 1.29. The first-order chi connectivity index (χ1) is 8.13. The Bertz CT molecular complexity index is 257. The normalized spacial score (nSPS) is 32.3. The molecule has 1 aliphatic carbocycles. The maximum atomic E-state index is 6.08. The van der Waals surface area contributed by atoms with Crippen LogP contribution in [0.4, 0.5) is 0 Å². The van der Waals surface area contributed by atoms with Crippen molar-refractivity contribution in [3.8, 4) is 0 Å². The van der Waals surface area contributed by atoms with Gasteiger partial charge in [0.15, 0.2) is 0 Å². The average Bonchev–Trinajstić information content (AvgIpc) is 3.09. The first-order valence-electron chi connectivity index (χ1n) is 6.79. The Hall–Kier alpha value is -0.160. The quantitative estimate of drug-likeness (QED) is 0.736. The van der Waals surface area contributed by atoms with Gasteiger partial charge < -0.3 is 10.5 Å². The zero-order valence-corrected chi connectivity index (χ0v) is 11.5. The molecular weight excluding hydrogens is 214 g/mol. The molecule has 2 atom stereocenters. The summed E-state index contributed by atoms with van der Waals surface area (Å²) in [6.07, 6.45) is 3.97. The lowest BCUT2D eigenvalue weighted by atomic mass is 9.95. The van der Waals surface area contributed by atoms with Crippen molar-refractivity contribution in [2.75, 3.05) is 40.4 Å². The lowest BCUT2D eigenvalue weighted by Gasteiger charge is -2.41. The van der Waals surface area contributed by atoms with E-state index in [1.54, 1.807) is 7.11 Å². The Kier molecular flexibility index (Phi) is 4.08. The van der Waals surface area contributed by atoms with Crippen LogP contribution in [0.2, 0.25) is 0 Å². The first kappa shape index (κ1) is 13.3. The van der Waals surface area contributed by atoms with Gasteiger partial charge in [0.25, 0.3) is 0 Å². The second-order valence-corrected chi connectivity index (χ2v) is 5.80. The largest absolute Gasteiger partial charge is 0.383 e. The third kappa shape index (κ3) is 2.65. The molecule has 2 aliphatic rings. The van der Waals surface area contributed by atoms with Gasteiger partial charge in [-0.05, 0) is 33.2 Å². The van der Waals surface area contributed by atoms with Crippen molar-refractivity contribution >= 4 is 0 Å². The molecule has 1 saturated heterocycles. The number of nitrogens with zero attached hydrogens (tertiary/aromatic N) is 2. The van der Waals surface area contributed by atoms with E-state index in [2.05, 4.69) is 23.8 Å². The van der Waals surface area contributed by atoms with Crippen LogP contribution >= 0.6 is 0 Å². The molecule has 0 aromatic heterocycles. The van der Waals surface area contributed by atoms with Gasteiger partial charge in [0.2, 0.25) is 0 Å². The summed E-state index contributed by atoms with van der Waals surface area (Å²) in [4.78, 5) is 5.07. The maximum absolute atomic E-state index is 6.08. The van der Waals surface area contributed by atoms with Gasteiger partial charge >= 0.3 is 0 Å². The molecule has 2 fully saturated rings. The molecular formula is C13H27N3O. The summed E-state index contributed by atoms with van der Waals surface area (Å²) in [5.41, 5.74) is 6.24. The van der Waals surface area contributed by atoms with Crippen LogP contribution in [0.3, 0.4) is 0 Å². The number of likely N-dealkylation sites (N-methyl/N-ethyl adjacent to an activating group) is 1. The minimum Gasteiger partial charge on any atom is -0.383 e. The van der Waals surface area contributed by atoms with Crippen molar-refractivity contribution < 1.29 is 4.74 Å². The molecule has 1 saturated carbocycles. The molecule has 0 aromatic carbocycles. The maximum Gasteiger partial charge on any atom is 0.0615 e. The van der Waals surface area contributed by atoms with Crippen molar-refractivity contribution in [3.63, 3.8) is 0 Å². The monoisotopic (exact) mass is 241 g/mol. The summed E-state index contributed by atoms with van der Waals surface area (Å²) in [5, 5.41) is 0. The minimum atomic E-state index is 0.167. The lowest BCUT2D eigenvalue weighted by molar-refractivity contribution is 0.0416. The third-order valence-corrected chi connectivity index (χ3v) is 4.62. The van der Waals surface area contributed by atoms with Gasteiger partial charge in [-0.15, -0.1) is 0 Å².